The van der Waals surface area contributed by atoms with Crippen LogP contribution in [0.2, 0.25) is 0 Å². The van der Waals surface area contributed by atoms with Crippen LogP contribution in [-0.4, -0.2) is 28.0 Å². The highest BCUT2D eigenvalue weighted by Crippen LogP contribution is 2.39. The Morgan fingerprint density at radius 1 is 1.33 bits per heavy atom. The minimum absolute atomic E-state index is 0.426. The molecule has 1 atom stereocenters. The molecule has 1 saturated carbocycles. The zero-order valence-corrected chi connectivity index (χ0v) is 9.28. The van der Waals surface area contributed by atoms with Crippen LogP contribution in [0.25, 0.3) is 0 Å². The van der Waals surface area contributed by atoms with E-state index in [4.69, 9.17) is 16.3 Å². The van der Waals surface area contributed by atoms with E-state index >= 15 is 0 Å². The minimum atomic E-state index is 0.426. The molecular formula is C10H14ClN3O. The molecule has 82 valence electrons. The van der Waals surface area contributed by atoms with Crippen LogP contribution in [0, 0.1) is 0 Å². The second-order valence-electron chi connectivity index (χ2n) is 4.27. The fourth-order valence-corrected chi connectivity index (χ4v) is 2.36. The van der Waals surface area contributed by atoms with Gasteiger partial charge in [-0.25, -0.2) is 0 Å². The molecule has 2 heterocycles. The average Bonchev–Trinajstić information content (AvgIpc) is 2.83. The van der Waals surface area contributed by atoms with Gasteiger partial charge in [-0.15, -0.1) is 21.8 Å². The summed E-state index contributed by atoms with van der Waals surface area (Å²) < 4.78 is 7.64. The molecule has 1 unspecified atom stereocenters. The molecular weight excluding hydrogens is 214 g/mol. The minimum Gasteiger partial charge on any atom is -0.381 e. The molecule has 0 bridgehead atoms. The number of halogens is 1. The van der Waals surface area contributed by atoms with Crippen LogP contribution in [0.3, 0.4) is 0 Å². The van der Waals surface area contributed by atoms with Gasteiger partial charge >= 0.3 is 0 Å². The average molecular weight is 228 g/mol. The summed E-state index contributed by atoms with van der Waals surface area (Å²) in [5.74, 6) is 2.89. The number of ether oxygens (including phenoxy) is 1. The number of rotatable bonds is 3. The van der Waals surface area contributed by atoms with Gasteiger partial charge in [0, 0.05) is 18.6 Å². The highest BCUT2D eigenvalue weighted by atomic mass is 35.5. The molecule has 3 rings (SSSR count). The Morgan fingerprint density at radius 3 is 2.80 bits per heavy atom. The third-order valence-electron chi connectivity index (χ3n) is 3.12. The third kappa shape index (κ3) is 1.66. The molecule has 1 aromatic rings. The molecule has 1 aromatic heterocycles. The number of aromatic nitrogens is 3. The largest absolute Gasteiger partial charge is 0.381 e. The van der Waals surface area contributed by atoms with Crippen molar-refractivity contribution in [1.82, 2.24) is 14.8 Å². The number of hydrogen-bond donors (Lipinski definition) is 0. The predicted molar refractivity (Wildman–Crippen MR) is 56.0 cm³/mol. The summed E-state index contributed by atoms with van der Waals surface area (Å²) in [5.41, 5.74) is 0. The molecule has 2 aliphatic rings. The van der Waals surface area contributed by atoms with E-state index in [0.29, 0.717) is 17.8 Å². The Hall–Kier alpha value is -0.610. The number of alkyl halides is 1. The van der Waals surface area contributed by atoms with E-state index in [1.165, 1.54) is 12.8 Å². The van der Waals surface area contributed by atoms with Gasteiger partial charge in [0.15, 0.2) is 0 Å². The van der Waals surface area contributed by atoms with Gasteiger partial charge in [0.1, 0.15) is 11.6 Å². The van der Waals surface area contributed by atoms with Gasteiger partial charge in [-0.3, -0.25) is 0 Å². The smallest absolute Gasteiger partial charge is 0.148 e. The van der Waals surface area contributed by atoms with Gasteiger partial charge in [-0.05, 0) is 19.3 Å². The van der Waals surface area contributed by atoms with E-state index in [2.05, 4.69) is 14.8 Å². The quantitative estimate of drug-likeness (QED) is 0.740. The molecule has 0 aromatic carbocycles. The zero-order valence-electron chi connectivity index (χ0n) is 8.53. The monoisotopic (exact) mass is 227 g/mol. The van der Waals surface area contributed by atoms with Crippen molar-refractivity contribution < 1.29 is 4.74 Å². The summed E-state index contributed by atoms with van der Waals surface area (Å²) in [4.78, 5) is 0. The topological polar surface area (TPSA) is 39.9 Å². The van der Waals surface area contributed by atoms with Crippen molar-refractivity contribution in [1.29, 1.82) is 0 Å². The first kappa shape index (κ1) is 9.60. The predicted octanol–water partition coefficient (Wildman–Crippen LogP) is 1.86. The fourth-order valence-electron chi connectivity index (χ4n) is 2.18. The summed E-state index contributed by atoms with van der Waals surface area (Å²) in [6.45, 7) is 1.63. The van der Waals surface area contributed by atoms with E-state index in [9.17, 15) is 0 Å². The van der Waals surface area contributed by atoms with Gasteiger partial charge in [0.05, 0.1) is 12.5 Å². The van der Waals surface area contributed by atoms with Crippen molar-refractivity contribution in [2.75, 3.05) is 13.2 Å². The second kappa shape index (κ2) is 3.76. The Balaban J connectivity index is 1.94. The first-order valence-corrected chi connectivity index (χ1v) is 6.01. The zero-order chi connectivity index (χ0) is 10.3. The second-order valence-corrected chi connectivity index (χ2v) is 4.54. The van der Waals surface area contributed by atoms with E-state index in [1.807, 2.05) is 0 Å². The first-order chi connectivity index (χ1) is 7.40. The molecule has 1 saturated heterocycles. The maximum Gasteiger partial charge on any atom is 0.148 e. The van der Waals surface area contributed by atoms with Crippen LogP contribution < -0.4 is 0 Å². The Kier molecular flexibility index (Phi) is 2.41. The lowest BCUT2D eigenvalue weighted by Crippen LogP contribution is -2.10. The van der Waals surface area contributed by atoms with Crippen molar-refractivity contribution >= 4 is 11.6 Å². The van der Waals surface area contributed by atoms with Gasteiger partial charge in [0.25, 0.3) is 0 Å². The third-order valence-corrected chi connectivity index (χ3v) is 3.36. The summed E-state index contributed by atoms with van der Waals surface area (Å²) in [6.07, 6.45) is 3.54. The van der Waals surface area contributed by atoms with E-state index in [-0.39, 0.29) is 0 Å². The van der Waals surface area contributed by atoms with Crippen LogP contribution in [0.1, 0.15) is 42.9 Å². The summed E-state index contributed by atoms with van der Waals surface area (Å²) in [5, 5.41) is 8.44. The molecule has 0 radical (unpaired) electrons. The lowest BCUT2D eigenvalue weighted by molar-refractivity contribution is 0.192. The lowest BCUT2D eigenvalue weighted by atomic mass is 10.1. The van der Waals surface area contributed by atoms with Crippen LogP contribution >= 0.6 is 11.6 Å². The number of hydrogen-bond acceptors (Lipinski definition) is 3. The Morgan fingerprint density at radius 2 is 2.20 bits per heavy atom. The standard InChI is InChI=1S/C10H14ClN3O/c11-5-9-12-13-10(7-3-4-15-6-7)14(9)8-1-2-8/h7-8H,1-6H2. The van der Waals surface area contributed by atoms with Crippen molar-refractivity contribution in [3.8, 4) is 0 Å². The Bertz CT molecular complexity index is 356. The van der Waals surface area contributed by atoms with Gasteiger partial charge in [0.2, 0.25) is 0 Å². The van der Waals surface area contributed by atoms with E-state index < -0.39 is 0 Å². The first-order valence-electron chi connectivity index (χ1n) is 5.47. The summed E-state index contributed by atoms with van der Waals surface area (Å²) in [7, 11) is 0. The molecule has 1 aliphatic carbocycles. The molecule has 0 N–H and O–H groups in total. The van der Waals surface area contributed by atoms with E-state index in [0.717, 1.165) is 31.3 Å². The van der Waals surface area contributed by atoms with Crippen LogP contribution in [-0.2, 0) is 10.6 Å². The lowest BCUT2D eigenvalue weighted by Gasteiger charge is -2.11. The maximum atomic E-state index is 5.87. The van der Waals surface area contributed by atoms with Crippen LogP contribution in [0.15, 0.2) is 0 Å². The maximum absolute atomic E-state index is 5.87. The molecule has 5 heteroatoms. The van der Waals surface area contributed by atoms with Crippen molar-refractivity contribution in [2.24, 2.45) is 0 Å². The van der Waals surface area contributed by atoms with Crippen LogP contribution in [0.5, 0.6) is 0 Å². The van der Waals surface area contributed by atoms with Gasteiger partial charge in [-0.2, -0.15) is 0 Å². The number of nitrogens with zero attached hydrogens (tertiary/aromatic N) is 3. The van der Waals surface area contributed by atoms with Crippen molar-refractivity contribution in [3.05, 3.63) is 11.6 Å². The fraction of sp³-hybridized carbons (Fsp3) is 0.800. The molecule has 0 spiro atoms. The summed E-state index contributed by atoms with van der Waals surface area (Å²) >= 11 is 5.87. The van der Waals surface area contributed by atoms with Crippen molar-refractivity contribution in [2.45, 2.75) is 37.1 Å². The molecule has 15 heavy (non-hydrogen) atoms. The molecule has 2 fully saturated rings. The van der Waals surface area contributed by atoms with Crippen LogP contribution in [0.4, 0.5) is 0 Å². The van der Waals surface area contributed by atoms with Crippen molar-refractivity contribution in [3.63, 3.8) is 0 Å². The van der Waals surface area contributed by atoms with E-state index in [1.54, 1.807) is 0 Å². The highest BCUT2D eigenvalue weighted by molar-refractivity contribution is 6.16. The SMILES string of the molecule is ClCc1nnc(C2CCOC2)n1C1CC1. The molecule has 4 nitrogen and oxygen atoms in total. The molecule has 1 aliphatic heterocycles. The highest BCUT2D eigenvalue weighted by Gasteiger charge is 2.33. The van der Waals surface area contributed by atoms with Gasteiger partial charge < -0.3 is 9.30 Å². The Labute approximate surface area is 93.6 Å². The summed E-state index contributed by atoms with van der Waals surface area (Å²) in [6, 6.07) is 0.601. The normalized spacial score (nSPS) is 26.1. The van der Waals surface area contributed by atoms with Gasteiger partial charge in [-0.1, -0.05) is 0 Å². The molecule has 0 amide bonds.